The lowest BCUT2D eigenvalue weighted by Crippen LogP contribution is -2.41. The third kappa shape index (κ3) is 2.87. The van der Waals surface area contributed by atoms with Crippen molar-refractivity contribution in [3.8, 4) is 10.6 Å². The minimum atomic E-state index is -0.155. The zero-order valence-corrected chi connectivity index (χ0v) is 15.1. The standard InChI is InChI=1S/C18H19N5OS/c1-12-6-7-14(24-3)18-20-16(21-23(12)18)8-9-17-19-13(11-22(17)2)15-5-4-10-25-15/h4-11,18H,1-3H3,(H,20,21)/b9-8-. The first-order valence-corrected chi connectivity index (χ1v) is 8.85. The van der Waals surface area contributed by atoms with Crippen LogP contribution in [0.15, 0.2) is 58.4 Å². The van der Waals surface area contributed by atoms with Crippen LogP contribution in [0.5, 0.6) is 0 Å². The first kappa shape index (κ1) is 15.7. The third-order valence-corrected chi connectivity index (χ3v) is 5.07. The molecule has 128 valence electrons. The van der Waals surface area contributed by atoms with E-state index in [1.807, 2.05) is 60.1 Å². The van der Waals surface area contributed by atoms with Gasteiger partial charge in [-0.3, -0.25) is 10.4 Å². The number of aryl methyl sites for hydroxylation is 1. The molecule has 0 saturated carbocycles. The predicted molar refractivity (Wildman–Crippen MR) is 101 cm³/mol. The lowest BCUT2D eigenvalue weighted by molar-refractivity contribution is 0.176. The second-order valence-electron chi connectivity index (χ2n) is 5.86. The molecule has 4 heterocycles. The second-order valence-corrected chi connectivity index (χ2v) is 6.80. The molecule has 4 rings (SSSR count). The summed E-state index contributed by atoms with van der Waals surface area (Å²) in [4.78, 5) is 10.5. The van der Waals surface area contributed by atoms with Gasteiger partial charge in [0.15, 0.2) is 6.17 Å². The van der Waals surface area contributed by atoms with Crippen LogP contribution in [0.4, 0.5) is 0 Å². The van der Waals surface area contributed by atoms with Crippen LogP contribution in [0, 0.1) is 0 Å². The Morgan fingerprint density at radius 3 is 2.96 bits per heavy atom. The van der Waals surface area contributed by atoms with Crippen molar-refractivity contribution in [1.29, 1.82) is 0 Å². The van der Waals surface area contributed by atoms with Crippen LogP contribution in [-0.2, 0) is 11.8 Å². The summed E-state index contributed by atoms with van der Waals surface area (Å²) in [5.74, 6) is 2.48. The largest absolute Gasteiger partial charge is 0.497 e. The van der Waals surface area contributed by atoms with Gasteiger partial charge >= 0.3 is 0 Å². The summed E-state index contributed by atoms with van der Waals surface area (Å²) in [5, 5.41) is 4.05. The summed E-state index contributed by atoms with van der Waals surface area (Å²) >= 11 is 1.69. The molecule has 0 spiro atoms. The smallest absolute Gasteiger partial charge is 0.198 e. The SMILES string of the molecule is COC1=CC=C(C)N2NC(/C=C\c3nc(-c4cccs4)cn3C)=NC12. The Bertz CT molecular complexity index is 904. The van der Waals surface area contributed by atoms with Gasteiger partial charge in [0.1, 0.15) is 17.4 Å². The quantitative estimate of drug-likeness (QED) is 0.917. The Morgan fingerprint density at radius 2 is 2.20 bits per heavy atom. The normalized spacial score (nSPS) is 19.4. The van der Waals surface area contributed by atoms with Crippen LogP contribution in [-0.4, -0.2) is 33.7 Å². The molecule has 6 nitrogen and oxygen atoms in total. The van der Waals surface area contributed by atoms with Crippen LogP contribution < -0.4 is 5.43 Å². The highest BCUT2D eigenvalue weighted by atomic mass is 32.1. The van der Waals surface area contributed by atoms with E-state index in [0.717, 1.165) is 28.8 Å². The Hall–Kier alpha value is -2.80. The summed E-state index contributed by atoms with van der Waals surface area (Å²) in [5.41, 5.74) is 5.38. The fourth-order valence-corrected chi connectivity index (χ4v) is 3.51. The zero-order chi connectivity index (χ0) is 17.4. The van der Waals surface area contributed by atoms with E-state index in [0.29, 0.717) is 0 Å². The van der Waals surface area contributed by atoms with Gasteiger partial charge in [0.05, 0.1) is 17.7 Å². The van der Waals surface area contributed by atoms with Crippen molar-refractivity contribution >= 4 is 23.2 Å². The van der Waals surface area contributed by atoms with E-state index >= 15 is 0 Å². The maximum Gasteiger partial charge on any atom is 0.198 e. The molecular weight excluding hydrogens is 334 g/mol. The van der Waals surface area contributed by atoms with Crippen molar-refractivity contribution in [2.75, 3.05) is 7.11 Å². The van der Waals surface area contributed by atoms with E-state index in [-0.39, 0.29) is 6.17 Å². The monoisotopic (exact) mass is 353 g/mol. The van der Waals surface area contributed by atoms with Gasteiger partial charge in [-0.05, 0) is 42.7 Å². The van der Waals surface area contributed by atoms with E-state index < -0.39 is 0 Å². The van der Waals surface area contributed by atoms with Crippen LogP contribution in [0.2, 0.25) is 0 Å². The minimum absolute atomic E-state index is 0.155. The third-order valence-electron chi connectivity index (χ3n) is 4.18. The molecule has 1 atom stereocenters. The second kappa shape index (κ2) is 6.25. The van der Waals surface area contributed by atoms with Gasteiger partial charge in [-0.1, -0.05) is 6.07 Å². The van der Waals surface area contributed by atoms with Crippen molar-refractivity contribution in [3.05, 3.63) is 59.2 Å². The number of fused-ring (bicyclic) bond motifs is 1. The number of hydrazine groups is 1. The molecule has 0 aliphatic carbocycles. The van der Waals surface area contributed by atoms with Gasteiger partial charge in [-0.25, -0.2) is 9.98 Å². The van der Waals surface area contributed by atoms with Crippen molar-refractivity contribution in [1.82, 2.24) is 20.0 Å². The number of allylic oxidation sites excluding steroid dienone is 3. The average molecular weight is 353 g/mol. The average Bonchev–Trinajstić information content (AvgIpc) is 3.33. The molecule has 0 aromatic carbocycles. The Balaban J connectivity index is 1.55. The highest BCUT2D eigenvalue weighted by molar-refractivity contribution is 7.13. The molecule has 1 unspecified atom stereocenters. The Labute approximate surface area is 150 Å². The number of amidine groups is 1. The number of nitrogens with one attached hydrogen (secondary N) is 1. The number of imidazole rings is 1. The molecule has 0 radical (unpaired) electrons. The number of rotatable bonds is 4. The molecule has 25 heavy (non-hydrogen) atoms. The summed E-state index contributed by atoms with van der Waals surface area (Å²) in [7, 11) is 3.66. The molecule has 0 fully saturated rings. The van der Waals surface area contributed by atoms with Crippen LogP contribution in [0.25, 0.3) is 16.6 Å². The first-order valence-electron chi connectivity index (χ1n) is 7.97. The van der Waals surface area contributed by atoms with Crippen molar-refractivity contribution in [2.24, 2.45) is 12.0 Å². The van der Waals surface area contributed by atoms with Crippen LogP contribution in [0.3, 0.4) is 0 Å². The Kier molecular flexibility index (Phi) is 3.93. The molecule has 2 aliphatic heterocycles. The number of hydrogen-bond donors (Lipinski definition) is 1. The molecule has 0 bridgehead atoms. The minimum Gasteiger partial charge on any atom is -0.497 e. The lowest BCUT2D eigenvalue weighted by atomic mass is 10.2. The maximum atomic E-state index is 5.42. The molecule has 2 aliphatic rings. The molecule has 0 saturated heterocycles. The number of aliphatic imine (C=N–C) groups is 1. The van der Waals surface area contributed by atoms with Crippen molar-refractivity contribution < 1.29 is 4.74 Å². The number of thiophene rings is 1. The number of ether oxygens (including phenoxy) is 1. The molecule has 2 aromatic rings. The number of hydrogen-bond acceptors (Lipinski definition) is 6. The van der Waals surface area contributed by atoms with Crippen LogP contribution in [0.1, 0.15) is 12.7 Å². The maximum absolute atomic E-state index is 5.42. The lowest BCUT2D eigenvalue weighted by Gasteiger charge is -2.29. The number of aromatic nitrogens is 2. The highest BCUT2D eigenvalue weighted by Crippen LogP contribution is 2.26. The van der Waals surface area contributed by atoms with E-state index in [1.165, 1.54) is 4.88 Å². The fourth-order valence-electron chi connectivity index (χ4n) is 2.83. The van der Waals surface area contributed by atoms with E-state index in [1.54, 1.807) is 18.4 Å². The van der Waals surface area contributed by atoms with Crippen LogP contribution >= 0.6 is 11.3 Å². The van der Waals surface area contributed by atoms with Gasteiger partial charge < -0.3 is 9.30 Å². The van der Waals surface area contributed by atoms with E-state index in [4.69, 9.17) is 9.72 Å². The highest BCUT2D eigenvalue weighted by Gasteiger charge is 2.31. The van der Waals surface area contributed by atoms with Gasteiger partial charge in [0, 0.05) is 18.9 Å². The number of nitrogens with zero attached hydrogens (tertiary/aromatic N) is 4. The van der Waals surface area contributed by atoms with Gasteiger partial charge in [-0.15, -0.1) is 11.3 Å². The summed E-state index contributed by atoms with van der Waals surface area (Å²) in [6.45, 7) is 2.04. The topological polar surface area (TPSA) is 54.7 Å². The summed E-state index contributed by atoms with van der Waals surface area (Å²) in [6.07, 6.45) is 9.77. The molecule has 7 heteroatoms. The molecule has 1 N–H and O–H groups in total. The summed E-state index contributed by atoms with van der Waals surface area (Å²) in [6, 6.07) is 4.11. The fraction of sp³-hybridized carbons (Fsp3) is 0.222. The Morgan fingerprint density at radius 1 is 1.32 bits per heavy atom. The first-order chi connectivity index (χ1) is 12.2. The zero-order valence-electron chi connectivity index (χ0n) is 14.3. The van der Waals surface area contributed by atoms with Gasteiger partial charge in [0.2, 0.25) is 0 Å². The molecule has 2 aromatic heterocycles. The molecule has 0 amide bonds. The van der Waals surface area contributed by atoms with E-state index in [2.05, 4.69) is 21.9 Å². The van der Waals surface area contributed by atoms with Crippen molar-refractivity contribution in [3.63, 3.8) is 0 Å². The summed E-state index contributed by atoms with van der Waals surface area (Å²) < 4.78 is 7.43. The van der Waals surface area contributed by atoms with Crippen molar-refractivity contribution in [2.45, 2.75) is 13.1 Å². The van der Waals surface area contributed by atoms with Gasteiger partial charge in [0.25, 0.3) is 0 Å². The predicted octanol–water partition coefficient (Wildman–Crippen LogP) is 3.15. The van der Waals surface area contributed by atoms with E-state index in [9.17, 15) is 0 Å². The number of methoxy groups -OCH3 is 1. The molecular formula is C18H19N5OS. The van der Waals surface area contributed by atoms with Gasteiger partial charge in [-0.2, -0.15) is 0 Å².